The fourth-order valence-electron chi connectivity index (χ4n) is 2.84. The van der Waals surface area contributed by atoms with Crippen LogP contribution in [0.25, 0.3) is 0 Å². The van der Waals surface area contributed by atoms with Crippen LogP contribution in [0.5, 0.6) is 0 Å². The van der Waals surface area contributed by atoms with E-state index in [1.54, 1.807) is 6.92 Å². The van der Waals surface area contributed by atoms with Gasteiger partial charge in [-0.3, -0.25) is 19.4 Å². The summed E-state index contributed by atoms with van der Waals surface area (Å²) < 4.78 is 0. The largest absolute Gasteiger partial charge is 0.480 e. The Bertz CT molecular complexity index is 707. The number of aliphatic carboxylic acids is 1. The van der Waals surface area contributed by atoms with E-state index < -0.39 is 47.9 Å². The highest BCUT2D eigenvalue weighted by Gasteiger charge is 2.32. The van der Waals surface area contributed by atoms with E-state index in [-0.39, 0.29) is 17.6 Å². The first kappa shape index (κ1) is 31.8. The maximum absolute atomic E-state index is 13.0. The number of nitrogens with zero attached hydrogens (tertiary/aromatic N) is 1. The molecule has 0 aromatic carbocycles. The van der Waals surface area contributed by atoms with E-state index in [9.17, 15) is 24.3 Å². The zero-order valence-electron chi connectivity index (χ0n) is 20.0. The van der Waals surface area contributed by atoms with Gasteiger partial charge < -0.3 is 38.3 Å². The lowest BCUT2D eigenvalue weighted by Crippen LogP contribution is -2.59. The van der Waals surface area contributed by atoms with Crippen molar-refractivity contribution in [2.45, 2.75) is 63.7 Å². The van der Waals surface area contributed by atoms with Gasteiger partial charge in [-0.05, 0) is 37.2 Å². The maximum Gasteiger partial charge on any atom is 0.327 e. The number of guanidine groups is 1. The van der Waals surface area contributed by atoms with Gasteiger partial charge in [-0.25, -0.2) is 4.79 Å². The molecule has 34 heavy (non-hydrogen) atoms. The van der Waals surface area contributed by atoms with Gasteiger partial charge in [0.1, 0.15) is 18.1 Å². The maximum atomic E-state index is 13.0. The third kappa shape index (κ3) is 12.3. The Hall–Kier alpha value is -2.19. The Kier molecular flexibility index (Phi) is 16.2. The highest BCUT2D eigenvalue weighted by molar-refractivity contribution is 7.98. The summed E-state index contributed by atoms with van der Waals surface area (Å²) in [6.45, 7) is 3.94. The van der Waals surface area contributed by atoms with Gasteiger partial charge >= 0.3 is 5.97 Å². The number of thioether (sulfide) groups is 1. The van der Waals surface area contributed by atoms with Crippen LogP contribution < -0.4 is 33.2 Å². The summed E-state index contributed by atoms with van der Waals surface area (Å²) in [4.78, 5) is 53.4. The predicted octanol–water partition coefficient (Wildman–Crippen LogP) is -1.36. The molecule has 0 spiro atoms. The van der Waals surface area contributed by atoms with Crippen LogP contribution in [0.2, 0.25) is 0 Å². The van der Waals surface area contributed by atoms with Crippen LogP contribution in [0.3, 0.4) is 0 Å². The molecule has 0 aliphatic heterocycles. The van der Waals surface area contributed by atoms with Crippen molar-refractivity contribution >= 4 is 54.0 Å². The number of hydrogen-bond donors (Lipinski definition) is 8. The molecule has 0 aromatic heterocycles. The SMILES string of the molecule is CCC(C)C(NC(=O)C(CCSC)NC(=O)C(N)CCCN=C(N)N)C(=O)NC(CS)C(=O)O. The number of carbonyl (C=O) groups excluding carboxylic acids is 3. The Balaban J connectivity index is 5.31. The molecule has 0 bridgehead atoms. The summed E-state index contributed by atoms with van der Waals surface area (Å²) >= 11 is 5.45. The Morgan fingerprint density at radius 1 is 1.03 bits per heavy atom. The van der Waals surface area contributed by atoms with Gasteiger partial charge in [-0.1, -0.05) is 20.3 Å². The smallest absolute Gasteiger partial charge is 0.327 e. The highest BCUT2D eigenvalue weighted by atomic mass is 32.2. The first-order valence-electron chi connectivity index (χ1n) is 11.0. The quantitative estimate of drug-likeness (QED) is 0.0490. The molecule has 0 rings (SSSR count). The molecule has 0 aliphatic rings. The minimum Gasteiger partial charge on any atom is -0.480 e. The molecule has 196 valence electrons. The molecule has 5 unspecified atom stereocenters. The number of nitrogens with one attached hydrogen (secondary N) is 3. The molecule has 3 amide bonds. The number of carboxylic acid groups (broad SMARTS) is 1. The molecule has 5 atom stereocenters. The molecular weight excluding hydrogens is 482 g/mol. The second-order valence-corrected chi connectivity index (χ2v) is 9.20. The molecule has 10 N–H and O–H groups in total. The van der Waals surface area contributed by atoms with E-state index >= 15 is 0 Å². The molecule has 0 heterocycles. The van der Waals surface area contributed by atoms with Crippen molar-refractivity contribution in [2.24, 2.45) is 28.1 Å². The van der Waals surface area contributed by atoms with Crippen molar-refractivity contribution < 1.29 is 24.3 Å². The Labute approximate surface area is 210 Å². The molecule has 12 nitrogen and oxygen atoms in total. The van der Waals surface area contributed by atoms with Crippen molar-refractivity contribution in [3.8, 4) is 0 Å². The Morgan fingerprint density at radius 2 is 1.65 bits per heavy atom. The first-order valence-corrected chi connectivity index (χ1v) is 13.1. The van der Waals surface area contributed by atoms with Crippen LogP contribution in [0, 0.1) is 5.92 Å². The molecule has 0 fully saturated rings. The molecule has 0 aliphatic carbocycles. The van der Waals surface area contributed by atoms with Gasteiger partial charge in [0.2, 0.25) is 17.7 Å². The van der Waals surface area contributed by atoms with Crippen LogP contribution in [0.4, 0.5) is 0 Å². The second kappa shape index (κ2) is 17.3. The topological polar surface area (TPSA) is 215 Å². The predicted molar refractivity (Wildman–Crippen MR) is 138 cm³/mol. The van der Waals surface area contributed by atoms with Crippen molar-refractivity contribution in [3.63, 3.8) is 0 Å². The van der Waals surface area contributed by atoms with Gasteiger partial charge in [0.25, 0.3) is 0 Å². The Morgan fingerprint density at radius 3 is 2.15 bits per heavy atom. The monoisotopic (exact) mass is 521 g/mol. The summed E-state index contributed by atoms with van der Waals surface area (Å²) in [5, 5.41) is 16.9. The average molecular weight is 522 g/mol. The summed E-state index contributed by atoms with van der Waals surface area (Å²) in [6, 6.07) is -3.95. The average Bonchev–Trinajstić information content (AvgIpc) is 2.79. The zero-order valence-corrected chi connectivity index (χ0v) is 21.7. The van der Waals surface area contributed by atoms with Crippen molar-refractivity contribution in [1.82, 2.24) is 16.0 Å². The van der Waals surface area contributed by atoms with Crippen LogP contribution in [0.1, 0.15) is 39.5 Å². The number of carbonyl (C=O) groups is 4. The number of aliphatic imine (C=N–C) groups is 1. The third-order valence-corrected chi connectivity index (χ3v) is 6.15. The van der Waals surface area contributed by atoms with Crippen molar-refractivity contribution in [2.75, 3.05) is 24.3 Å². The van der Waals surface area contributed by atoms with E-state index in [2.05, 4.69) is 33.6 Å². The second-order valence-electron chi connectivity index (χ2n) is 7.85. The molecule has 0 radical (unpaired) electrons. The van der Waals surface area contributed by atoms with Gasteiger partial charge in [-0.2, -0.15) is 24.4 Å². The van der Waals surface area contributed by atoms with Gasteiger partial charge in [0.15, 0.2) is 5.96 Å². The van der Waals surface area contributed by atoms with Crippen molar-refractivity contribution in [3.05, 3.63) is 0 Å². The van der Waals surface area contributed by atoms with Crippen LogP contribution in [0.15, 0.2) is 4.99 Å². The molecule has 0 saturated heterocycles. The minimum atomic E-state index is -1.23. The van der Waals surface area contributed by atoms with E-state index in [1.807, 2.05) is 13.2 Å². The molecular formula is C20H39N7O5S2. The van der Waals surface area contributed by atoms with E-state index in [1.165, 1.54) is 11.8 Å². The number of hydrogen-bond acceptors (Lipinski definition) is 8. The lowest BCUT2D eigenvalue weighted by atomic mass is 9.97. The lowest BCUT2D eigenvalue weighted by molar-refractivity contribution is -0.142. The van der Waals surface area contributed by atoms with E-state index in [0.29, 0.717) is 38.0 Å². The standard InChI is InChI=1S/C20H39N7O5S2/c1-4-11(2)15(18(30)26-14(10-33)19(31)32)27-17(29)13(7-9-34-3)25-16(28)12(21)6-5-8-24-20(22)23/h11-15,33H,4-10,21H2,1-3H3,(H,25,28)(H,26,30)(H,27,29)(H,31,32)(H4,22,23,24). The first-order chi connectivity index (χ1) is 16.0. The third-order valence-electron chi connectivity index (χ3n) is 5.14. The molecule has 0 aromatic rings. The zero-order chi connectivity index (χ0) is 26.3. The molecule has 14 heteroatoms. The summed E-state index contributed by atoms with van der Waals surface area (Å²) in [5.41, 5.74) is 16.5. The fourth-order valence-corrected chi connectivity index (χ4v) is 3.56. The fraction of sp³-hybridized carbons (Fsp3) is 0.750. The van der Waals surface area contributed by atoms with Gasteiger partial charge in [0.05, 0.1) is 6.04 Å². The number of carboxylic acids is 1. The number of rotatable bonds is 17. The summed E-state index contributed by atoms with van der Waals surface area (Å²) in [5.74, 6) is -2.75. The van der Waals surface area contributed by atoms with E-state index in [0.717, 1.165) is 0 Å². The number of thiol groups is 1. The van der Waals surface area contributed by atoms with Crippen LogP contribution >= 0.6 is 24.4 Å². The highest BCUT2D eigenvalue weighted by Crippen LogP contribution is 2.11. The summed E-state index contributed by atoms with van der Waals surface area (Å²) in [7, 11) is 0. The van der Waals surface area contributed by atoms with Gasteiger partial charge in [0, 0.05) is 12.3 Å². The number of amides is 3. The minimum absolute atomic E-state index is 0.0456. The van der Waals surface area contributed by atoms with E-state index in [4.69, 9.17) is 17.2 Å². The molecule has 0 saturated carbocycles. The number of nitrogens with two attached hydrogens (primary N) is 3. The van der Waals surface area contributed by atoms with Gasteiger partial charge in [-0.15, -0.1) is 0 Å². The lowest BCUT2D eigenvalue weighted by Gasteiger charge is -2.28. The van der Waals surface area contributed by atoms with Crippen LogP contribution in [-0.2, 0) is 19.2 Å². The normalized spacial score (nSPS) is 15.2. The summed E-state index contributed by atoms with van der Waals surface area (Å²) in [6.07, 6.45) is 3.55. The van der Waals surface area contributed by atoms with Crippen molar-refractivity contribution in [1.29, 1.82) is 0 Å². The van der Waals surface area contributed by atoms with Crippen LogP contribution in [-0.4, -0.2) is 83.2 Å².